The smallest absolute Gasteiger partial charge is 0.399 e. The Morgan fingerprint density at radius 2 is 1.93 bits per heavy atom. The quantitative estimate of drug-likeness (QED) is 0.538. The number of hydrogen-bond donors (Lipinski definition) is 4. The molecule has 0 saturated heterocycles. The number of aromatic nitrogens is 2. The van der Waals surface area contributed by atoms with Crippen molar-refractivity contribution in [2.75, 3.05) is 11.9 Å². The van der Waals surface area contributed by atoms with E-state index in [-0.39, 0.29) is 30.2 Å². The van der Waals surface area contributed by atoms with E-state index in [0.717, 1.165) is 12.1 Å². The molecule has 0 radical (unpaired) electrons. The molecule has 1 amide bonds. The number of benzene rings is 1. The first kappa shape index (κ1) is 22.4. The molecule has 2 rings (SSSR count). The minimum atomic E-state index is -4.69. The molecule has 0 aliphatic heterocycles. The Morgan fingerprint density at radius 3 is 2.52 bits per heavy atom. The van der Waals surface area contributed by atoms with E-state index in [4.69, 9.17) is 17.3 Å². The van der Waals surface area contributed by atoms with Crippen LogP contribution < -0.4 is 16.4 Å². The Bertz CT molecular complexity index is 891. The van der Waals surface area contributed by atoms with Crippen LogP contribution in [0.1, 0.15) is 29.3 Å². The number of aliphatic hydroxyl groups is 1. The van der Waals surface area contributed by atoms with Crippen LogP contribution in [0.2, 0.25) is 5.02 Å². The van der Waals surface area contributed by atoms with E-state index in [9.17, 15) is 23.1 Å². The second-order valence-corrected chi connectivity index (χ2v) is 6.34. The molecule has 0 spiro atoms. The van der Waals surface area contributed by atoms with Crippen molar-refractivity contribution in [1.29, 1.82) is 0 Å². The summed E-state index contributed by atoms with van der Waals surface area (Å²) in [4.78, 5) is 20.4. The fraction of sp³-hybridized carbons (Fsp3) is 0.278. The van der Waals surface area contributed by atoms with Gasteiger partial charge in [-0.2, -0.15) is 13.2 Å². The van der Waals surface area contributed by atoms with Gasteiger partial charge in [0.1, 0.15) is 0 Å². The molecule has 156 valence electrons. The highest BCUT2D eigenvalue weighted by atomic mass is 35.5. The van der Waals surface area contributed by atoms with E-state index in [1.165, 1.54) is 18.5 Å². The van der Waals surface area contributed by atoms with Gasteiger partial charge in [-0.3, -0.25) is 4.79 Å². The largest absolute Gasteiger partial charge is 0.417 e. The van der Waals surface area contributed by atoms with Crippen LogP contribution in [0.15, 0.2) is 48.1 Å². The molecule has 1 heterocycles. The standard InChI is InChI=1S/C18H19ClF3N5O2/c1-10(15(23)13(6-9-28)27-17-24-7-3-8-25-17)26-16(29)11-4-2-5-12(14(11)19)18(20,21)22/h2-5,7-8,10,28H,6,9,23H2,1H3,(H,26,29)(H,24,25,27)/b15-13-. The van der Waals surface area contributed by atoms with Crippen LogP contribution in [0.4, 0.5) is 19.1 Å². The van der Waals surface area contributed by atoms with Gasteiger partial charge in [-0.1, -0.05) is 17.7 Å². The van der Waals surface area contributed by atoms with Crippen LogP contribution in [-0.4, -0.2) is 33.6 Å². The number of carbonyl (C=O) groups is 1. The van der Waals surface area contributed by atoms with Gasteiger partial charge in [0.2, 0.25) is 5.95 Å². The molecule has 0 aliphatic rings. The fourth-order valence-corrected chi connectivity index (χ4v) is 2.75. The number of halogens is 4. The van der Waals surface area contributed by atoms with Crippen LogP contribution in [-0.2, 0) is 6.18 Å². The van der Waals surface area contributed by atoms with E-state index in [2.05, 4.69) is 20.6 Å². The zero-order chi connectivity index (χ0) is 21.6. The average molecular weight is 430 g/mol. The van der Waals surface area contributed by atoms with Crippen LogP contribution in [0.25, 0.3) is 0 Å². The lowest BCUT2D eigenvalue weighted by Gasteiger charge is -2.20. The number of nitrogens with zero attached hydrogens (tertiary/aromatic N) is 2. The highest BCUT2D eigenvalue weighted by Crippen LogP contribution is 2.36. The number of rotatable bonds is 7. The number of nitrogens with two attached hydrogens (primary N) is 1. The van der Waals surface area contributed by atoms with Crippen molar-refractivity contribution in [2.24, 2.45) is 5.73 Å². The van der Waals surface area contributed by atoms with Crippen molar-refractivity contribution >= 4 is 23.5 Å². The van der Waals surface area contributed by atoms with Crippen molar-refractivity contribution in [3.8, 4) is 0 Å². The van der Waals surface area contributed by atoms with Crippen molar-refractivity contribution in [3.63, 3.8) is 0 Å². The maximum atomic E-state index is 13.0. The van der Waals surface area contributed by atoms with Crippen LogP contribution >= 0.6 is 11.6 Å². The Kier molecular flexibility index (Phi) is 7.40. The molecule has 0 bridgehead atoms. The molecular weight excluding hydrogens is 411 g/mol. The predicted octanol–water partition coefficient (Wildman–Crippen LogP) is 2.93. The van der Waals surface area contributed by atoms with Gasteiger partial charge in [0.25, 0.3) is 5.91 Å². The maximum absolute atomic E-state index is 13.0. The Hall–Kier alpha value is -2.85. The maximum Gasteiger partial charge on any atom is 0.417 e. The van der Waals surface area contributed by atoms with E-state index in [0.29, 0.717) is 5.70 Å². The Morgan fingerprint density at radius 1 is 1.28 bits per heavy atom. The highest BCUT2D eigenvalue weighted by Gasteiger charge is 2.34. The molecule has 0 fully saturated rings. The molecule has 2 aromatic rings. The summed E-state index contributed by atoms with van der Waals surface area (Å²) < 4.78 is 39.0. The number of nitrogens with one attached hydrogen (secondary N) is 2. The molecule has 0 aliphatic carbocycles. The van der Waals surface area contributed by atoms with E-state index >= 15 is 0 Å². The number of hydrogen-bond acceptors (Lipinski definition) is 6. The van der Waals surface area contributed by atoms with Gasteiger partial charge < -0.3 is 21.5 Å². The molecule has 11 heteroatoms. The fourth-order valence-electron chi connectivity index (χ4n) is 2.43. The molecule has 29 heavy (non-hydrogen) atoms. The second kappa shape index (κ2) is 9.57. The molecule has 0 saturated carbocycles. The third-order valence-corrected chi connectivity index (χ3v) is 4.31. The number of anilines is 1. The van der Waals surface area contributed by atoms with Crippen molar-refractivity contribution < 1.29 is 23.1 Å². The van der Waals surface area contributed by atoms with E-state index in [1.807, 2.05) is 0 Å². The van der Waals surface area contributed by atoms with Gasteiger partial charge in [-0.05, 0) is 25.1 Å². The second-order valence-electron chi connectivity index (χ2n) is 5.96. The van der Waals surface area contributed by atoms with Gasteiger partial charge in [-0.25, -0.2) is 9.97 Å². The SMILES string of the molecule is CC(NC(=O)c1cccc(C(F)(F)F)c1Cl)/C(N)=C(\CCO)Nc1ncccn1. The third-order valence-electron chi connectivity index (χ3n) is 3.90. The summed E-state index contributed by atoms with van der Waals surface area (Å²) in [5.74, 6) is -0.589. The summed E-state index contributed by atoms with van der Waals surface area (Å²) >= 11 is 5.78. The van der Waals surface area contributed by atoms with Gasteiger partial charge in [0.05, 0.1) is 27.9 Å². The number of carbonyl (C=O) groups excluding carboxylic acids is 1. The first-order valence-corrected chi connectivity index (χ1v) is 8.83. The molecule has 7 nitrogen and oxygen atoms in total. The topological polar surface area (TPSA) is 113 Å². The summed E-state index contributed by atoms with van der Waals surface area (Å²) in [5, 5.41) is 13.9. The molecule has 1 atom stereocenters. The first-order chi connectivity index (χ1) is 13.6. The average Bonchev–Trinajstić information content (AvgIpc) is 2.67. The van der Waals surface area contributed by atoms with Crippen molar-refractivity contribution in [3.05, 3.63) is 64.2 Å². The molecule has 1 aromatic heterocycles. The van der Waals surface area contributed by atoms with Gasteiger partial charge in [0, 0.05) is 31.1 Å². The zero-order valence-corrected chi connectivity index (χ0v) is 16.1. The van der Waals surface area contributed by atoms with Gasteiger partial charge in [-0.15, -0.1) is 0 Å². The van der Waals surface area contributed by atoms with Crippen LogP contribution in [0.5, 0.6) is 0 Å². The van der Waals surface area contributed by atoms with Gasteiger partial charge in [0.15, 0.2) is 0 Å². The highest BCUT2D eigenvalue weighted by molar-refractivity contribution is 6.34. The Labute approximate surface area is 169 Å². The van der Waals surface area contributed by atoms with E-state index < -0.39 is 28.7 Å². The minimum absolute atomic E-state index is 0.120. The number of aliphatic hydroxyl groups excluding tert-OH is 1. The van der Waals surface area contributed by atoms with Crippen LogP contribution in [0.3, 0.4) is 0 Å². The molecular formula is C18H19ClF3N5O2. The Balaban J connectivity index is 2.24. The zero-order valence-electron chi connectivity index (χ0n) is 15.3. The lowest BCUT2D eigenvalue weighted by atomic mass is 10.1. The van der Waals surface area contributed by atoms with Crippen LogP contribution in [0, 0.1) is 0 Å². The monoisotopic (exact) mass is 429 g/mol. The first-order valence-electron chi connectivity index (χ1n) is 8.45. The number of alkyl halides is 3. The molecule has 5 N–H and O–H groups in total. The summed E-state index contributed by atoms with van der Waals surface area (Å²) in [7, 11) is 0. The third kappa shape index (κ3) is 5.81. The molecule has 1 unspecified atom stereocenters. The van der Waals surface area contributed by atoms with Crippen molar-refractivity contribution in [2.45, 2.75) is 25.6 Å². The summed E-state index contributed by atoms with van der Waals surface area (Å²) in [5.41, 5.74) is 5.17. The lowest BCUT2D eigenvalue weighted by Crippen LogP contribution is -2.38. The minimum Gasteiger partial charge on any atom is -0.399 e. The van der Waals surface area contributed by atoms with Crippen molar-refractivity contribution in [1.82, 2.24) is 15.3 Å². The van der Waals surface area contributed by atoms with Gasteiger partial charge >= 0.3 is 6.18 Å². The van der Waals surface area contributed by atoms with E-state index in [1.54, 1.807) is 13.0 Å². The summed E-state index contributed by atoms with van der Waals surface area (Å²) in [6.45, 7) is 1.30. The molecule has 1 aromatic carbocycles. The summed E-state index contributed by atoms with van der Waals surface area (Å²) in [6, 6.07) is 3.90. The lowest BCUT2D eigenvalue weighted by molar-refractivity contribution is -0.137. The summed E-state index contributed by atoms with van der Waals surface area (Å²) in [6.07, 6.45) is -1.56. The normalized spacial score (nSPS) is 13.4. The number of amides is 1. The predicted molar refractivity (Wildman–Crippen MR) is 102 cm³/mol.